The summed E-state index contributed by atoms with van der Waals surface area (Å²) >= 11 is 0. The normalized spacial score (nSPS) is 21.3. The number of piperazine rings is 1. The monoisotopic (exact) mass is 359 g/mol. The maximum atomic E-state index is 12.7. The Morgan fingerprint density at radius 2 is 1.96 bits per heavy atom. The lowest BCUT2D eigenvalue weighted by molar-refractivity contribution is -0.139. The van der Waals surface area contributed by atoms with E-state index < -0.39 is 6.04 Å². The van der Waals surface area contributed by atoms with E-state index in [9.17, 15) is 9.59 Å². The molecule has 0 bridgehead atoms. The Balaban J connectivity index is 1.70. The number of nitrogens with one attached hydrogen (secondary N) is 1. The molecule has 26 heavy (non-hydrogen) atoms. The molecule has 2 saturated heterocycles. The van der Waals surface area contributed by atoms with Crippen LogP contribution in [0.25, 0.3) is 0 Å². The summed E-state index contributed by atoms with van der Waals surface area (Å²) in [5.74, 6) is 0.896. The molecular formula is C20H29N3O3. The van der Waals surface area contributed by atoms with Gasteiger partial charge in [-0.3, -0.25) is 14.5 Å². The third-order valence-corrected chi connectivity index (χ3v) is 5.16. The average molecular weight is 359 g/mol. The average Bonchev–Trinajstić information content (AvgIpc) is 2.67. The minimum atomic E-state index is -0.409. The molecule has 0 unspecified atom stereocenters. The summed E-state index contributed by atoms with van der Waals surface area (Å²) in [4.78, 5) is 29.2. The number of para-hydroxylation sites is 1. The number of carbonyl (C=O) groups excluding carboxylic acids is 2. The largest absolute Gasteiger partial charge is 0.494 e. The second-order valence-electron chi connectivity index (χ2n) is 6.96. The number of nitrogens with zero attached hydrogens (tertiary/aromatic N) is 2. The van der Waals surface area contributed by atoms with Crippen LogP contribution in [0.4, 0.5) is 0 Å². The summed E-state index contributed by atoms with van der Waals surface area (Å²) in [5, 5.41) is 2.91. The van der Waals surface area contributed by atoms with Gasteiger partial charge in [0.1, 0.15) is 5.75 Å². The zero-order chi connectivity index (χ0) is 18.4. The van der Waals surface area contributed by atoms with E-state index in [0.717, 1.165) is 43.8 Å². The van der Waals surface area contributed by atoms with Gasteiger partial charge in [-0.1, -0.05) is 18.2 Å². The maximum absolute atomic E-state index is 12.7. The molecule has 1 atom stereocenters. The van der Waals surface area contributed by atoms with E-state index in [1.54, 1.807) is 0 Å². The number of hydrogen-bond donors (Lipinski definition) is 1. The van der Waals surface area contributed by atoms with Crippen molar-refractivity contribution in [2.24, 2.45) is 0 Å². The lowest BCUT2D eigenvalue weighted by Crippen LogP contribution is -2.56. The van der Waals surface area contributed by atoms with Crippen molar-refractivity contribution in [1.29, 1.82) is 0 Å². The Bertz CT molecular complexity index is 628. The minimum absolute atomic E-state index is 0.0458. The molecule has 6 heteroatoms. The van der Waals surface area contributed by atoms with Crippen molar-refractivity contribution in [2.75, 3.05) is 32.8 Å². The van der Waals surface area contributed by atoms with Gasteiger partial charge in [-0.15, -0.1) is 0 Å². The van der Waals surface area contributed by atoms with Crippen LogP contribution in [-0.2, 0) is 16.1 Å². The van der Waals surface area contributed by atoms with Gasteiger partial charge in [-0.05, 0) is 32.3 Å². The summed E-state index contributed by atoms with van der Waals surface area (Å²) in [6, 6.07) is 7.51. The Hall–Kier alpha value is -2.08. The van der Waals surface area contributed by atoms with Gasteiger partial charge in [-0.2, -0.15) is 0 Å². The van der Waals surface area contributed by atoms with E-state index in [0.29, 0.717) is 19.7 Å². The smallest absolute Gasteiger partial charge is 0.237 e. The Labute approximate surface area is 155 Å². The number of piperidine rings is 1. The Morgan fingerprint density at radius 1 is 1.19 bits per heavy atom. The molecule has 3 rings (SSSR count). The second-order valence-corrected chi connectivity index (χ2v) is 6.96. The number of carbonyl (C=O) groups is 2. The predicted molar refractivity (Wildman–Crippen MR) is 99.9 cm³/mol. The first-order chi connectivity index (χ1) is 12.7. The number of rotatable bonds is 6. The van der Waals surface area contributed by atoms with Gasteiger partial charge >= 0.3 is 0 Å². The van der Waals surface area contributed by atoms with Crippen molar-refractivity contribution < 1.29 is 14.3 Å². The number of likely N-dealkylation sites (tertiary alicyclic amines) is 1. The van der Waals surface area contributed by atoms with E-state index in [4.69, 9.17) is 4.74 Å². The number of hydrogen-bond acceptors (Lipinski definition) is 4. The van der Waals surface area contributed by atoms with Gasteiger partial charge in [-0.25, -0.2) is 0 Å². The van der Waals surface area contributed by atoms with E-state index in [1.807, 2.05) is 36.1 Å². The van der Waals surface area contributed by atoms with Crippen molar-refractivity contribution >= 4 is 11.8 Å². The van der Waals surface area contributed by atoms with Gasteiger partial charge in [0.2, 0.25) is 11.8 Å². The van der Waals surface area contributed by atoms with E-state index in [-0.39, 0.29) is 18.2 Å². The molecule has 6 nitrogen and oxygen atoms in total. The molecule has 2 aliphatic heterocycles. The van der Waals surface area contributed by atoms with Crippen molar-refractivity contribution in [3.05, 3.63) is 29.8 Å². The van der Waals surface area contributed by atoms with Gasteiger partial charge in [0.25, 0.3) is 0 Å². The zero-order valence-corrected chi connectivity index (χ0v) is 15.6. The van der Waals surface area contributed by atoms with E-state index >= 15 is 0 Å². The first kappa shape index (κ1) is 18.7. The molecule has 142 valence electrons. The SMILES string of the molecule is CCOc1ccccc1CN1CCNC(=O)[C@@H]1CC(=O)N1CCCCC1. The number of benzene rings is 1. The first-order valence-corrected chi connectivity index (χ1v) is 9.69. The van der Waals surface area contributed by atoms with Gasteiger partial charge in [0.05, 0.1) is 19.1 Å². The van der Waals surface area contributed by atoms with Gasteiger partial charge < -0.3 is 15.0 Å². The van der Waals surface area contributed by atoms with Crippen LogP contribution in [0.2, 0.25) is 0 Å². The molecule has 0 aliphatic carbocycles. The molecule has 2 aliphatic rings. The lowest BCUT2D eigenvalue weighted by Gasteiger charge is -2.36. The summed E-state index contributed by atoms with van der Waals surface area (Å²) in [6.07, 6.45) is 3.57. The molecule has 2 heterocycles. The topological polar surface area (TPSA) is 61.9 Å². The molecule has 0 saturated carbocycles. The standard InChI is InChI=1S/C20H29N3O3/c1-2-26-18-9-5-4-8-16(18)15-23-13-10-21-20(25)17(23)14-19(24)22-11-6-3-7-12-22/h4-5,8-9,17H,2-3,6-7,10-15H2,1H3,(H,21,25)/t17-/m0/s1. The highest BCUT2D eigenvalue weighted by Crippen LogP contribution is 2.23. The fourth-order valence-corrected chi connectivity index (χ4v) is 3.76. The summed E-state index contributed by atoms with van der Waals surface area (Å²) in [5.41, 5.74) is 1.06. The summed E-state index contributed by atoms with van der Waals surface area (Å²) < 4.78 is 5.71. The molecule has 0 spiro atoms. The van der Waals surface area contributed by atoms with Crippen LogP contribution < -0.4 is 10.1 Å². The molecule has 1 aromatic rings. The fourth-order valence-electron chi connectivity index (χ4n) is 3.76. The van der Waals surface area contributed by atoms with E-state index in [2.05, 4.69) is 10.2 Å². The molecule has 1 N–H and O–H groups in total. The van der Waals surface area contributed by atoms with Crippen molar-refractivity contribution in [3.8, 4) is 5.75 Å². The van der Waals surface area contributed by atoms with Crippen molar-refractivity contribution in [2.45, 2.75) is 45.2 Å². The molecular weight excluding hydrogens is 330 g/mol. The number of amides is 2. The minimum Gasteiger partial charge on any atom is -0.494 e. The molecule has 0 radical (unpaired) electrons. The van der Waals surface area contributed by atoms with Crippen LogP contribution in [0.3, 0.4) is 0 Å². The Kier molecular flexibility index (Phi) is 6.50. The van der Waals surface area contributed by atoms with E-state index in [1.165, 1.54) is 6.42 Å². The van der Waals surface area contributed by atoms with Crippen LogP contribution in [0.15, 0.2) is 24.3 Å². The van der Waals surface area contributed by atoms with Crippen LogP contribution in [0.5, 0.6) is 5.75 Å². The Morgan fingerprint density at radius 3 is 2.73 bits per heavy atom. The van der Waals surface area contributed by atoms with Crippen molar-refractivity contribution in [1.82, 2.24) is 15.1 Å². The molecule has 2 amide bonds. The summed E-state index contributed by atoms with van der Waals surface area (Å²) in [7, 11) is 0. The second kappa shape index (κ2) is 9.03. The van der Waals surface area contributed by atoms with Crippen LogP contribution >= 0.6 is 0 Å². The maximum Gasteiger partial charge on any atom is 0.237 e. The lowest BCUT2D eigenvalue weighted by atomic mass is 10.0. The van der Waals surface area contributed by atoms with Crippen LogP contribution in [-0.4, -0.2) is 60.4 Å². The quantitative estimate of drug-likeness (QED) is 0.841. The van der Waals surface area contributed by atoms with Crippen LogP contribution in [0.1, 0.15) is 38.2 Å². The van der Waals surface area contributed by atoms with Gasteiger partial charge in [0, 0.05) is 38.3 Å². The number of ether oxygens (including phenoxy) is 1. The predicted octanol–water partition coefficient (Wildman–Crippen LogP) is 1.79. The third-order valence-electron chi connectivity index (χ3n) is 5.16. The highest BCUT2D eigenvalue weighted by Gasteiger charge is 2.33. The molecule has 0 aromatic heterocycles. The zero-order valence-electron chi connectivity index (χ0n) is 15.6. The van der Waals surface area contributed by atoms with Gasteiger partial charge in [0.15, 0.2) is 0 Å². The van der Waals surface area contributed by atoms with Crippen molar-refractivity contribution in [3.63, 3.8) is 0 Å². The highest BCUT2D eigenvalue weighted by molar-refractivity contribution is 5.88. The third kappa shape index (κ3) is 4.55. The summed E-state index contributed by atoms with van der Waals surface area (Å²) in [6.45, 7) is 6.18. The highest BCUT2D eigenvalue weighted by atomic mass is 16.5. The van der Waals surface area contributed by atoms with Crippen LogP contribution in [0, 0.1) is 0 Å². The molecule has 2 fully saturated rings. The molecule has 1 aromatic carbocycles. The first-order valence-electron chi connectivity index (χ1n) is 9.69. The fraction of sp³-hybridized carbons (Fsp3) is 0.600.